The van der Waals surface area contributed by atoms with E-state index in [4.69, 9.17) is 4.74 Å². The zero-order valence-corrected chi connectivity index (χ0v) is 12.2. The molecule has 1 aliphatic heterocycles. The fourth-order valence-electron chi connectivity index (χ4n) is 1.93. The van der Waals surface area contributed by atoms with Crippen LogP contribution in [0.15, 0.2) is 4.60 Å². The highest BCUT2D eigenvalue weighted by molar-refractivity contribution is 9.10. The molecule has 1 fully saturated rings. The Labute approximate surface area is 115 Å². The molecule has 0 saturated carbocycles. The molecule has 2 unspecified atom stereocenters. The van der Waals surface area contributed by atoms with Gasteiger partial charge in [0.1, 0.15) is 10.4 Å². The zero-order chi connectivity index (χ0) is 13.1. The molecule has 0 amide bonds. The number of aromatic nitrogens is 2. The van der Waals surface area contributed by atoms with Gasteiger partial charge < -0.3 is 15.2 Å². The van der Waals surface area contributed by atoms with Gasteiger partial charge in [-0.05, 0) is 28.8 Å². The maximum atomic E-state index is 9.75. The number of hydrogen-bond donors (Lipinski definition) is 2. The zero-order valence-electron chi connectivity index (χ0n) is 10.6. The molecule has 1 aliphatic rings. The van der Waals surface area contributed by atoms with Gasteiger partial charge in [0.2, 0.25) is 0 Å². The van der Waals surface area contributed by atoms with Gasteiger partial charge >= 0.3 is 0 Å². The van der Waals surface area contributed by atoms with Crippen LogP contribution in [0.25, 0.3) is 0 Å². The maximum Gasteiger partial charge on any atom is 0.148 e. The van der Waals surface area contributed by atoms with Crippen molar-refractivity contribution in [2.75, 3.05) is 18.5 Å². The van der Waals surface area contributed by atoms with Crippen LogP contribution in [0.1, 0.15) is 25.2 Å². The first-order valence-electron chi connectivity index (χ1n) is 6.23. The molecule has 1 saturated heterocycles. The van der Waals surface area contributed by atoms with Crippen LogP contribution in [0.3, 0.4) is 0 Å². The lowest BCUT2D eigenvalue weighted by Crippen LogP contribution is -2.33. The standard InChI is InChI=1S/C12H18BrN3O2/c1-3-7-11(13)14-8(4-2)12(15-7)16-9-5-18-6-10(9)17/h9-10,17H,3-6H2,1-2H3,(H,15,16). The Kier molecular flexibility index (Phi) is 4.53. The predicted molar refractivity (Wildman–Crippen MR) is 72.7 cm³/mol. The molecular weight excluding hydrogens is 298 g/mol. The van der Waals surface area contributed by atoms with Crippen molar-refractivity contribution in [3.63, 3.8) is 0 Å². The van der Waals surface area contributed by atoms with Crippen LogP contribution in [0.4, 0.5) is 5.82 Å². The van der Waals surface area contributed by atoms with Crippen molar-refractivity contribution in [2.45, 2.75) is 38.8 Å². The van der Waals surface area contributed by atoms with Crippen molar-refractivity contribution in [3.05, 3.63) is 16.0 Å². The van der Waals surface area contributed by atoms with Crippen molar-refractivity contribution in [2.24, 2.45) is 0 Å². The summed E-state index contributed by atoms with van der Waals surface area (Å²) in [4.78, 5) is 9.07. The lowest BCUT2D eigenvalue weighted by atomic mass is 10.2. The third-order valence-corrected chi connectivity index (χ3v) is 3.67. The quantitative estimate of drug-likeness (QED) is 0.882. The topological polar surface area (TPSA) is 67.3 Å². The second-order valence-electron chi connectivity index (χ2n) is 4.32. The summed E-state index contributed by atoms with van der Waals surface area (Å²) in [6, 6.07) is -0.101. The van der Waals surface area contributed by atoms with E-state index in [9.17, 15) is 5.11 Å². The van der Waals surface area contributed by atoms with Crippen LogP contribution in [-0.2, 0) is 17.6 Å². The molecule has 2 rings (SSSR count). The lowest BCUT2D eigenvalue weighted by molar-refractivity contribution is 0.125. The van der Waals surface area contributed by atoms with Crippen LogP contribution in [-0.4, -0.2) is 40.4 Å². The molecule has 0 spiro atoms. The summed E-state index contributed by atoms with van der Waals surface area (Å²) in [5.41, 5.74) is 1.82. The first kappa shape index (κ1) is 13.7. The number of aliphatic hydroxyl groups excluding tert-OH is 1. The highest BCUT2D eigenvalue weighted by Gasteiger charge is 2.27. The van der Waals surface area contributed by atoms with Gasteiger partial charge in [0.25, 0.3) is 0 Å². The Morgan fingerprint density at radius 3 is 2.56 bits per heavy atom. The summed E-state index contributed by atoms with van der Waals surface area (Å²) in [5.74, 6) is 0.757. The summed E-state index contributed by atoms with van der Waals surface area (Å²) >= 11 is 3.43. The molecule has 1 aromatic rings. The highest BCUT2D eigenvalue weighted by atomic mass is 79.9. The number of aliphatic hydroxyl groups is 1. The molecule has 0 aliphatic carbocycles. The van der Waals surface area contributed by atoms with Crippen molar-refractivity contribution in [1.29, 1.82) is 0 Å². The minimum Gasteiger partial charge on any atom is -0.388 e. The number of ether oxygens (including phenoxy) is 1. The minimum atomic E-state index is -0.481. The fraction of sp³-hybridized carbons (Fsp3) is 0.667. The number of nitrogens with zero attached hydrogens (tertiary/aromatic N) is 2. The van der Waals surface area contributed by atoms with E-state index in [0.29, 0.717) is 13.2 Å². The van der Waals surface area contributed by atoms with E-state index in [0.717, 1.165) is 34.7 Å². The summed E-state index contributed by atoms with van der Waals surface area (Å²) in [5, 5.41) is 13.0. The molecular formula is C12H18BrN3O2. The van der Waals surface area contributed by atoms with Gasteiger partial charge in [-0.3, -0.25) is 0 Å². The summed E-state index contributed by atoms with van der Waals surface area (Å²) < 4.78 is 6.03. The Hall–Kier alpha value is -0.720. The molecule has 18 heavy (non-hydrogen) atoms. The smallest absolute Gasteiger partial charge is 0.148 e. The highest BCUT2D eigenvalue weighted by Crippen LogP contribution is 2.21. The number of nitrogens with one attached hydrogen (secondary N) is 1. The van der Waals surface area contributed by atoms with Crippen molar-refractivity contribution in [1.82, 2.24) is 9.97 Å². The summed E-state index contributed by atoms with van der Waals surface area (Å²) in [6.07, 6.45) is 1.13. The van der Waals surface area contributed by atoms with E-state index in [1.807, 2.05) is 13.8 Å². The van der Waals surface area contributed by atoms with Crippen molar-refractivity contribution >= 4 is 21.7 Å². The normalized spacial score (nSPS) is 23.3. The van der Waals surface area contributed by atoms with Crippen LogP contribution in [0.5, 0.6) is 0 Å². The van der Waals surface area contributed by atoms with E-state index in [1.54, 1.807) is 0 Å². The number of rotatable bonds is 4. The van der Waals surface area contributed by atoms with E-state index in [2.05, 4.69) is 31.2 Å². The molecule has 1 aromatic heterocycles. The maximum absolute atomic E-state index is 9.75. The van der Waals surface area contributed by atoms with Crippen molar-refractivity contribution < 1.29 is 9.84 Å². The first-order chi connectivity index (χ1) is 8.65. The average Bonchev–Trinajstić information content (AvgIpc) is 2.76. The van der Waals surface area contributed by atoms with E-state index in [-0.39, 0.29) is 6.04 Å². The largest absolute Gasteiger partial charge is 0.388 e. The first-order valence-corrected chi connectivity index (χ1v) is 7.02. The van der Waals surface area contributed by atoms with Gasteiger partial charge in [-0.2, -0.15) is 0 Å². The Balaban J connectivity index is 2.24. The third kappa shape index (κ3) is 2.81. The van der Waals surface area contributed by atoms with Crippen molar-refractivity contribution in [3.8, 4) is 0 Å². The molecule has 6 heteroatoms. The molecule has 0 aromatic carbocycles. The van der Waals surface area contributed by atoms with Gasteiger partial charge in [-0.25, -0.2) is 9.97 Å². The van der Waals surface area contributed by atoms with E-state index in [1.165, 1.54) is 0 Å². The molecule has 0 bridgehead atoms. The monoisotopic (exact) mass is 315 g/mol. The Morgan fingerprint density at radius 2 is 2.00 bits per heavy atom. The predicted octanol–water partition coefficient (Wildman–Crippen LogP) is 1.54. The van der Waals surface area contributed by atoms with Gasteiger partial charge in [0.05, 0.1) is 36.7 Å². The minimum absolute atomic E-state index is 0.101. The van der Waals surface area contributed by atoms with E-state index < -0.39 is 6.10 Å². The number of anilines is 1. The van der Waals surface area contributed by atoms with Gasteiger partial charge in [-0.15, -0.1) is 0 Å². The van der Waals surface area contributed by atoms with Crippen LogP contribution >= 0.6 is 15.9 Å². The molecule has 100 valence electrons. The van der Waals surface area contributed by atoms with Crippen LogP contribution < -0.4 is 5.32 Å². The number of halogens is 1. The fourth-order valence-corrected chi connectivity index (χ4v) is 2.51. The second-order valence-corrected chi connectivity index (χ2v) is 5.07. The Morgan fingerprint density at radius 1 is 1.28 bits per heavy atom. The van der Waals surface area contributed by atoms with Gasteiger partial charge in [0, 0.05) is 0 Å². The molecule has 2 heterocycles. The Bertz CT molecular complexity index is 428. The molecule has 2 atom stereocenters. The second kappa shape index (κ2) is 5.95. The van der Waals surface area contributed by atoms with Crippen LogP contribution in [0.2, 0.25) is 0 Å². The summed E-state index contributed by atoms with van der Waals surface area (Å²) in [6.45, 7) is 4.96. The SMILES string of the molecule is CCc1nc(NC2COCC2O)c(CC)nc1Br. The van der Waals surface area contributed by atoms with Gasteiger partial charge in [0.15, 0.2) is 0 Å². The molecule has 5 nitrogen and oxygen atoms in total. The van der Waals surface area contributed by atoms with Crippen LogP contribution in [0, 0.1) is 0 Å². The molecule has 0 radical (unpaired) electrons. The third-order valence-electron chi connectivity index (χ3n) is 3.03. The van der Waals surface area contributed by atoms with Gasteiger partial charge in [-0.1, -0.05) is 13.8 Å². The number of hydrogen-bond acceptors (Lipinski definition) is 5. The average molecular weight is 316 g/mol. The molecule has 2 N–H and O–H groups in total. The lowest BCUT2D eigenvalue weighted by Gasteiger charge is -2.18. The summed E-state index contributed by atoms with van der Waals surface area (Å²) in [7, 11) is 0. The number of aryl methyl sites for hydroxylation is 2. The van der Waals surface area contributed by atoms with E-state index >= 15 is 0 Å².